The molecule has 1 aliphatic carbocycles. The van der Waals surface area contributed by atoms with E-state index >= 15 is 0 Å². The number of hydrogen-bond donors (Lipinski definition) is 1. The Hall–Kier alpha value is -0.203. The Balaban J connectivity index is 2.01. The molecule has 0 aromatic heterocycles. The van der Waals surface area contributed by atoms with E-state index in [4.69, 9.17) is 13.9 Å². The lowest BCUT2D eigenvalue weighted by molar-refractivity contribution is -0.197. The van der Waals surface area contributed by atoms with Crippen molar-refractivity contribution in [1.82, 2.24) is 0 Å². The number of hydrogen-bond acceptors (Lipinski definition) is 4. The molecule has 1 saturated heterocycles. The molecule has 1 N–H and O–H groups in total. The zero-order chi connectivity index (χ0) is 18.4. The van der Waals surface area contributed by atoms with E-state index < -0.39 is 8.32 Å². The molecule has 0 spiro atoms. The van der Waals surface area contributed by atoms with Crippen LogP contribution in [0.2, 0.25) is 19.1 Å². The average molecular weight is 371 g/mol. The van der Waals surface area contributed by atoms with E-state index in [9.17, 15) is 5.11 Å². The van der Waals surface area contributed by atoms with Crippen molar-refractivity contribution in [2.45, 2.75) is 84.1 Å². The summed E-state index contributed by atoms with van der Waals surface area (Å²) in [6, 6.07) is 1.16. The first-order valence-corrected chi connectivity index (χ1v) is 13.2. The number of aliphatic hydroxyl groups excluding tert-OH is 1. The summed E-state index contributed by atoms with van der Waals surface area (Å²) in [6.07, 6.45) is 7.63. The van der Waals surface area contributed by atoms with E-state index in [2.05, 4.69) is 33.0 Å². The summed E-state index contributed by atoms with van der Waals surface area (Å²) in [4.78, 5) is 0. The molecule has 25 heavy (non-hydrogen) atoms. The van der Waals surface area contributed by atoms with Crippen LogP contribution in [0.4, 0.5) is 0 Å². The first-order chi connectivity index (χ1) is 11.8. The van der Waals surface area contributed by atoms with Crippen LogP contribution < -0.4 is 0 Å². The Morgan fingerprint density at radius 2 is 2.04 bits per heavy atom. The topological polar surface area (TPSA) is 47.9 Å². The molecule has 0 aromatic rings. The van der Waals surface area contributed by atoms with Gasteiger partial charge in [0.25, 0.3) is 0 Å². The Morgan fingerprint density at radius 1 is 1.28 bits per heavy atom. The maximum Gasteiger partial charge on any atom is 0.186 e. The monoisotopic (exact) mass is 370 g/mol. The van der Waals surface area contributed by atoms with Gasteiger partial charge in [-0.2, -0.15) is 0 Å². The molecule has 0 radical (unpaired) electrons. The van der Waals surface area contributed by atoms with Crippen LogP contribution in [0.1, 0.15) is 46.5 Å². The van der Waals surface area contributed by atoms with E-state index in [1.165, 1.54) is 0 Å². The van der Waals surface area contributed by atoms with Crippen LogP contribution in [0.15, 0.2) is 12.2 Å². The Kier molecular flexibility index (Phi) is 8.15. The Bertz CT molecular complexity index is 418. The average Bonchev–Trinajstić information content (AvgIpc) is 2.81. The van der Waals surface area contributed by atoms with Crippen LogP contribution in [0.5, 0.6) is 0 Å². The number of allylic oxidation sites excluding steroid dienone is 1. The highest BCUT2D eigenvalue weighted by Crippen LogP contribution is 2.38. The highest BCUT2D eigenvalue weighted by atomic mass is 28.4. The highest BCUT2D eigenvalue weighted by Gasteiger charge is 2.44. The lowest BCUT2D eigenvalue weighted by Crippen LogP contribution is -2.38. The van der Waals surface area contributed by atoms with Crippen LogP contribution in [0.25, 0.3) is 0 Å². The third kappa shape index (κ3) is 6.47. The molecule has 1 saturated carbocycles. The molecule has 0 amide bonds. The molecular weight excluding hydrogens is 332 g/mol. The van der Waals surface area contributed by atoms with Crippen molar-refractivity contribution < 1.29 is 19.0 Å². The molecule has 1 heterocycles. The van der Waals surface area contributed by atoms with Gasteiger partial charge in [-0.3, -0.25) is 0 Å². The Labute approximate surface area is 155 Å². The fourth-order valence-corrected chi connectivity index (χ4v) is 7.08. The van der Waals surface area contributed by atoms with Crippen molar-refractivity contribution >= 4 is 8.32 Å². The summed E-state index contributed by atoms with van der Waals surface area (Å²) in [6.45, 7) is 12.6. The summed E-state index contributed by atoms with van der Waals surface area (Å²) < 4.78 is 18.5. The van der Waals surface area contributed by atoms with Gasteiger partial charge in [0, 0.05) is 31.5 Å². The zero-order valence-corrected chi connectivity index (χ0v) is 17.7. The molecule has 0 bridgehead atoms. The zero-order valence-electron chi connectivity index (χ0n) is 16.7. The number of rotatable bonds is 8. The SMILES string of the molecule is CC=C[C@@H]1[C@@H](CO[Si](C)(C)CC(C)C)[C@H](OC2CCCCO2)C[C@@H]1O. The standard InChI is InChI=1S/C20H38O4Si/c1-6-9-16-17(13-23-25(4,5)14-15(2)3)19(12-18(16)21)24-20-10-7-8-11-22-20/h6,9,15-21H,7-8,10-14H2,1-5H3/t16-,17-,18+,19-,20?/m1/s1. The van der Waals surface area contributed by atoms with Gasteiger partial charge in [0.2, 0.25) is 0 Å². The van der Waals surface area contributed by atoms with Gasteiger partial charge in [0.1, 0.15) is 0 Å². The minimum atomic E-state index is -1.68. The van der Waals surface area contributed by atoms with Crippen molar-refractivity contribution in [1.29, 1.82) is 0 Å². The van der Waals surface area contributed by atoms with E-state index in [0.717, 1.165) is 31.9 Å². The molecule has 2 rings (SSSR count). The number of aliphatic hydroxyl groups is 1. The first kappa shape index (κ1) is 21.1. The van der Waals surface area contributed by atoms with E-state index in [0.29, 0.717) is 18.9 Å². The fraction of sp³-hybridized carbons (Fsp3) is 0.900. The minimum absolute atomic E-state index is 0.0168. The van der Waals surface area contributed by atoms with Gasteiger partial charge >= 0.3 is 0 Å². The maximum absolute atomic E-state index is 10.5. The van der Waals surface area contributed by atoms with Crippen LogP contribution in [-0.4, -0.2) is 45.1 Å². The van der Waals surface area contributed by atoms with Crippen molar-refractivity contribution in [3.63, 3.8) is 0 Å². The normalized spacial score (nSPS) is 34.3. The van der Waals surface area contributed by atoms with Gasteiger partial charge in [0.05, 0.1) is 12.2 Å². The van der Waals surface area contributed by atoms with Gasteiger partial charge < -0.3 is 19.0 Å². The second-order valence-corrected chi connectivity index (χ2v) is 12.9. The fourth-order valence-electron chi connectivity index (χ4n) is 4.35. The molecule has 146 valence electrons. The third-order valence-electron chi connectivity index (χ3n) is 5.34. The first-order valence-electron chi connectivity index (χ1n) is 10.0. The van der Waals surface area contributed by atoms with E-state index in [-0.39, 0.29) is 30.3 Å². The van der Waals surface area contributed by atoms with Crippen molar-refractivity contribution in [2.75, 3.05) is 13.2 Å². The van der Waals surface area contributed by atoms with Crippen LogP contribution in [0.3, 0.4) is 0 Å². The molecular formula is C20H38O4Si. The van der Waals surface area contributed by atoms with Crippen LogP contribution >= 0.6 is 0 Å². The summed E-state index contributed by atoms with van der Waals surface area (Å²) >= 11 is 0. The minimum Gasteiger partial charge on any atom is -0.417 e. The predicted molar refractivity (Wildman–Crippen MR) is 104 cm³/mol. The van der Waals surface area contributed by atoms with Crippen LogP contribution in [0, 0.1) is 17.8 Å². The number of ether oxygens (including phenoxy) is 2. The van der Waals surface area contributed by atoms with Gasteiger partial charge in [-0.05, 0) is 51.2 Å². The van der Waals surface area contributed by atoms with Gasteiger partial charge in [0.15, 0.2) is 14.6 Å². The Morgan fingerprint density at radius 3 is 2.64 bits per heavy atom. The predicted octanol–water partition coefficient (Wildman–Crippen LogP) is 4.35. The quantitative estimate of drug-likeness (QED) is 0.510. The molecule has 1 aliphatic heterocycles. The largest absolute Gasteiger partial charge is 0.417 e. The van der Waals surface area contributed by atoms with Gasteiger partial charge in [-0.25, -0.2) is 0 Å². The summed E-state index contributed by atoms with van der Waals surface area (Å²) in [5.41, 5.74) is 0. The van der Waals surface area contributed by atoms with Gasteiger partial charge in [-0.1, -0.05) is 26.0 Å². The maximum atomic E-state index is 10.5. The van der Waals surface area contributed by atoms with E-state index in [1.54, 1.807) is 0 Å². The molecule has 5 heteroatoms. The molecule has 1 unspecified atom stereocenters. The second kappa shape index (κ2) is 9.65. The van der Waals surface area contributed by atoms with Crippen molar-refractivity contribution in [2.24, 2.45) is 17.8 Å². The molecule has 5 atom stereocenters. The molecule has 4 nitrogen and oxygen atoms in total. The molecule has 2 aliphatic rings. The highest BCUT2D eigenvalue weighted by molar-refractivity contribution is 6.71. The molecule has 2 fully saturated rings. The van der Waals surface area contributed by atoms with E-state index in [1.807, 2.05) is 13.0 Å². The molecule has 0 aromatic carbocycles. The van der Waals surface area contributed by atoms with Crippen molar-refractivity contribution in [3.8, 4) is 0 Å². The van der Waals surface area contributed by atoms with Crippen LogP contribution in [-0.2, 0) is 13.9 Å². The smallest absolute Gasteiger partial charge is 0.186 e. The lowest BCUT2D eigenvalue weighted by Gasteiger charge is -2.32. The lowest BCUT2D eigenvalue weighted by atomic mass is 9.94. The third-order valence-corrected chi connectivity index (χ3v) is 8.08. The second-order valence-electron chi connectivity index (χ2n) is 8.71. The summed E-state index contributed by atoms with van der Waals surface area (Å²) in [7, 11) is -1.68. The van der Waals surface area contributed by atoms with Crippen molar-refractivity contribution in [3.05, 3.63) is 12.2 Å². The summed E-state index contributed by atoms with van der Waals surface area (Å²) in [5, 5.41) is 10.5. The summed E-state index contributed by atoms with van der Waals surface area (Å²) in [5.74, 6) is 0.975. The van der Waals surface area contributed by atoms with Gasteiger partial charge in [-0.15, -0.1) is 0 Å².